The summed E-state index contributed by atoms with van der Waals surface area (Å²) in [4.78, 5) is 0. The van der Waals surface area contributed by atoms with Crippen molar-refractivity contribution < 1.29 is 14.8 Å². The molecule has 0 amide bonds. The van der Waals surface area contributed by atoms with Crippen molar-refractivity contribution in [1.29, 1.82) is 0 Å². The molecule has 134 valence electrons. The third-order valence-corrected chi connectivity index (χ3v) is 9.47. The molecule has 5 rings (SSSR count). The predicted octanol–water partition coefficient (Wildman–Crippen LogP) is 2.69. The second-order valence-corrected chi connectivity index (χ2v) is 10.3. The lowest BCUT2D eigenvalue weighted by atomic mass is 9.41. The van der Waals surface area contributed by atoms with Crippen LogP contribution in [0.3, 0.4) is 0 Å². The molecule has 4 aliphatic carbocycles. The molecule has 0 aromatic carbocycles. The highest BCUT2D eigenvalue weighted by atomic mass is 16.3. The van der Waals surface area contributed by atoms with Crippen LogP contribution >= 0.6 is 0 Å². The van der Waals surface area contributed by atoms with E-state index in [1.807, 2.05) is 0 Å². The summed E-state index contributed by atoms with van der Waals surface area (Å²) in [5, 5.41) is 20.6. The number of aliphatic hydroxyl groups is 2. The van der Waals surface area contributed by atoms with Crippen LogP contribution in [0.1, 0.15) is 58.8 Å². The molecule has 4 fully saturated rings. The molecule has 8 atom stereocenters. The molecule has 3 heteroatoms. The highest BCUT2D eigenvalue weighted by Gasteiger charge is 2.73. The Balaban J connectivity index is 1.63. The van der Waals surface area contributed by atoms with Gasteiger partial charge in [0, 0.05) is 10.8 Å². The van der Waals surface area contributed by atoms with E-state index in [0.717, 1.165) is 24.9 Å². The van der Waals surface area contributed by atoms with Crippen molar-refractivity contribution in [2.45, 2.75) is 64.9 Å². The Morgan fingerprint density at radius 1 is 1.21 bits per heavy atom. The fourth-order valence-electron chi connectivity index (χ4n) is 8.74. The van der Waals surface area contributed by atoms with Gasteiger partial charge in [-0.05, 0) is 62.2 Å². The molecule has 1 aliphatic heterocycles. The van der Waals surface area contributed by atoms with E-state index in [2.05, 4.69) is 24.6 Å². The van der Waals surface area contributed by atoms with Gasteiger partial charge in [-0.15, -0.1) is 0 Å². The van der Waals surface area contributed by atoms with Crippen molar-refractivity contribution in [3.8, 4) is 0 Å². The average molecular weight is 333 g/mol. The van der Waals surface area contributed by atoms with Crippen LogP contribution in [0.15, 0.2) is 0 Å². The smallest absolute Gasteiger partial charge is 0.165 e. The van der Waals surface area contributed by atoms with Gasteiger partial charge in [-0.1, -0.05) is 20.3 Å². The van der Waals surface area contributed by atoms with Gasteiger partial charge in [-0.3, -0.25) is 0 Å². The zero-order valence-corrected chi connectivity index (χ0v) is 15.4. The van der Waals surface area contributed by atoms with Crippen molar-refractivity contribution in [2.24, 2.45) is 39.9 Å². The molecule has 4 bridgehead atoms. The van der Waals surface area contributed by atoms with Crippen molar-refractivity contribution in [2.75, 3.05) is 19.7 Å². The Bertz CT molecular complexity index is 588. The second kappa shape index (κ2) is 4.85. The third-order valence-electron chi connectivity index (χ3n) is 9.47. The first-order chi connectivity index (χ1) is 11.5. The van der Waals surface area contributed by atoms with E-state index in [4.69, 9.17) is 0 Å². The zero-order valence-electron chi connectivity index (χ0n) is 15.4. The Labute approximate surface area is 146 Å². The van der Waals surface area contributed by atoms with E-state index in [1.54, 1.807) is 0 Å². The first kappa shape index (κ1) is 15.8. The number of hydrogen-bond acceptors (Lipinski definition) is 2. The Hall–Kier alpha value is -0.410. The number of rotatable bonds is 2. The van der Waals surface area contributed by atoms with Gasteiger partial charge in [0.25, 0.3) is 0 Å². The molecule has 4 saturated carbocycles. The lowest BCUT2D eigenvalue weighted by Crippen LogP contribution is -2.65. The molecule has 1 spiro atoms. The van der Waals surface area contributed by atoms with Crippen molar-refractivity contribution in [3.63, 3.8) is 0 Å². The first-order valence-electron chi connectivity index (χ1n) is 10.3. The van der Waals surface area contributed by atoms with Crippen molar-refractivity contribution in [3.05, 3.63) is 0 Å². The molecule has 24 heavy (non-hydrogen) atoms. The summed E-state index contributed by atoms with van der Waals surface area (Å²) < 4.78 is 2.45. The minimum atomic E-state index is -0.0774. The lowest BCUT2D eigenvalue weighted by Gasteiger charge is -2.63. The molecule has 0 radical (unpaired) electrons. The SMILES string of the molecule is C[C@H]1C(O)[C@@]23CCC4C5(C=[N+](CCO)C[C@]4(C)CCC5)C2C[C@@H]1C3. The van der Waals surface area contributed by atoms with Crippen LogP contribution in [0.5, 0.6) is 0 Å². The van der Waals surface area contributed by atoms with Gasteiger partial charge >= 0.3 is 0 Å². The standard InChI is InChI=1S/C21H34NO2/c1-14-15-10-17-20(11-15,18(14)24)7-4-16-19(2)5-3-6-21(16,17)13-22(12-19)8-9-23/h13-18,23-24H,3-12H2,1-2H3/q+1/t14-,15-,16?,17?,18?,19+,20-,21?/m1/s1. The van der Waals surface area contributed by atoms with Gasteiger partial charge < -0.3 is 10.2 Å². The number of nitrogens with zero attached hydrogens (tertiary/aromatic N) is 1. The van der Waals surface area contributed by atoms with E-state index in [1.165, 1.54) is 44.9 Å². The van der Waals surface area contributed by atoms with E-state index in [-0.39, 0.29) is 18.1 Å². The van der Waals surface area contributed by atoms with Crippen LogP contribution in [0, 0.1) is 39.9 Å². The third kappa shape index (κ3) is 1.69. The quantitative estimate of drug-likeness (QED) is 0.764. The first-order valence-corrected chi connectivity index (χ1v) is 10.3. The largest absolute Gasteiger partial charge is 0.392 e. The van der Waals surface area contributed by atoms with Gasteiger partial charge in [0.1, 0.15) is 19.4 Å². The molecular weight excluding hydrogens is 298 g/mol. The summed E-state index contributed by atoms with van der Waals surface area (Å²) in [5.74, 6) is 2.72. The number of aliphatic hydroxyl groups excluding tert-OH is 2. The molecule has 0 saturated heterocycles. The molecule has 0 aromatic heterocycles. The average Bonchev–Trinajstić information content (AvgIpc) is 3.03. The lowest BCUT2D eigenvalue weighted by molar-refractivity contribution is -0.559. The summed E-state index contributed by atoms with van der Waals surface area (Å²) in [7, 11) is 0. The highest BCUT2D eigenvalue weighted by Crippen LogP contribution is 2.74. The summed E-state index contributed by atoms with van der Waals surface area (Å²) >= 11 is 0. The molecular formula is C21H34NO2+. The second-order valence-electron chi connectivity index (χ2n) is 10.3. The molecule has 4 unspecified atom stereocenters. The molecule has 2 N–H and O–H groups in total. The maximum Gasteiger partial charge on any atom is 0.165 e. The van der Waals surface area contributed by atoms with Gasteiger partial charge in [0.2, 0.25) is 0 Å². The fourth-order valence-corrected chi connectivity index (χ4v) is 8.74. The Morgan fingerprint density at radius 3 is 2.79 bits per heavy atom. The minimum absolute atomic E-state index is 0.0774. The van der Waals surface area contributed by atoms with E-state index < -0.39 is 0 Å². The number of fused-ring (bicyclic) bond motifs is 1. The maximum atomic E-state index is 11.1. The van der Waals surface area contributed by atoms with Gasteiger partial charge in [-0.2, -0.15) is 0 Å². The minimum Gasteiger partial charge on any atom is -0.392 e. The molecule has 1 heterocycles. The topological polar surface area (TPSA) is 43.5 Å². The van der Waals surface area contributed by atoms with Crippen LogP contribution in [0.2, 0.25) is 0 Å². The van der Waals surface area contributed by atoms with Crippen LogP contribution in [-0.2, 0) is 0 Å². The van der Waals surface area contributed by atoms with E-state index in [0.29, 0.717) is 22.7 Å². The predicted molar refractivity (Wildman–Crippen MR) is 94.1 cm³/mol. The summed E-state index contributed by atoms with van der Waals surface area (Å²) in [6, 6.07) is 0. The highest BCUT2D eigenvalue weighted by molar-refractivity contribution is 5.65. The Morgan fingerprint density at radius 2 is 2.04 bits per heavy atom. The number of hydrogen-bond donors (Lipinski definition) is 2. The molecule has 0 aromatic rings. The van der Waals surface area contributed by atoms with Crippen LogP contribution in [0.25, 0.3) is 0 Å². The molecule has 3 nitrogen and oxygen atoms in total. The normalized spacial score (nSPS) is 58.2. The van der Waals surface area contributed by atoms with Crippen LogP contribution < -0.4 is 0 Å². The number of β-amino-alcohol motifs (C(OH)–C–C–N with tert-alkyl or cyclic N) is 1. The monoisotopic (exact) mass is 332 g/mol. The van der Waals surface area contributed by atoms with Gasteiger partial charge in [0.05, 0.1) is 11.5 Å². The van der Waals surface area contributed by atoms with Crippen LogP contribution in [0.4, 0.5) is 0 Å². The van der Waals surface area contributed by atoms with Crippen molar-refractivity contribution in [1.82, 2.24) is 0 Å². The molecule has 5 aliphatic rings. The zero-order chi connectivity index (χ0) is 16.7. The van der Waals surface area contributed by atoms with E-state index in [9.17, 15) is 10.2 Å². The summed E-state index contributed by atoms with van der Waals surface area (Å²) in [6.07, 6.45) is 11.7. The fraction of sp³-hybridized carbons (Fsp3) is 0.952. The van der Waals surface area contributed by atoms with E-state index >= 15 is 0 Å². The van der Waals surface area contributed by atoms with Crippen LogP contribution in [-0.4, -0.2) is 46.8 Å². The van der Waals surface area contributed by atoms with Gasteiger partial charge in [0.15, 0.2) is 6.54 Å². The Kier molecular flexibility index (Phi) is 3.20. The maximum absolute atomic E-state index is 11.1. The summed E-state index contributed by atoms with van der Waals surface area (Å²) in [6.45, 7) is 6.98. The summed E-state index contributed by atoms with van der Waals surface area (Å²) in [5.41, 5.74) is 0.911. The van der Waals surface area contributed by atoms with Gasteiger partial charge in [-0.25, -0.2) is 4.58 Å². The van der Waals surface area contributed by atoms with Crippen molar-refractivity contribution >= 4 is 6.21 Å².